The Hall–Kier alpha value is -0.650. The number of ether oxygens (including phenoxy) is 1. The van der Waals surface area contributed by atoms with Gasteiger partial charge < -0.3 is 19.9 Å². The maximum atomic E-state index is 12.0. The van der Waals surface area contributed by atoms with Crippen LogP contribution < -0.4 is 5.32 Å². The number of carbonyl (C=O) groups excluding carboxylic acids is 1. The largest absolute Gasteiger partial charge is 0.381 e. The SMILES string of the molecule is CC(NCC(=O)N1CCN(C)CC1)C1CCOC1. The Bertz CT molecular complexity index is 271. The first-order chi connectivity index (χ1) is 8.66. The highest BCUT2D eigenvalue weighted by atomic mass is 16.5. The van der Waals surface area contributed by atoms with Gasteiger partial charge in [-0.3, -0.25) is 4.79 Å². The molecule has 5 nitrogen and oxygen atoms in total. The van der Waals surface area contributed by atoms with Crippen LogP contribution in [0.1, 0.15) is 13.3 Å². The summed E-state index contributed by atoms with van der Waals surface area (Å²) in [6.07, 6.45) is 1.11. The average molecular weight is 255 g/mol. The molecule has 0 spiro atoms. The second-order valence-corrected chi connectivity index (χ2v) is 5.48. The molecule has 5 heteroatoms. The summed E-state index contributed by atoms with van der Waals surface area (Å²) in [6, 6.07) is 0.365. The first-order valence-electron chi connectivity index (χ1n) is 6.94. The quantitative estimate of drug-likeness (QED) is 0.754. The molecule has 0 aromatic heterocycles. The van der Waals surface area contributed by atoms with E-state index in [1.807, 2.05) is 4.90 Å². The second-order valence-electron chi connectivity index (χ2n) is 5.48. The maximum absolute atomic E-state index is 12.0. The molecular weight excluding hydrogens is 230 g/mol. The van der Waals surface area contributed by atoms with E-state index in [0.717, 1.165) is 45.8 Å². The topological polar surface area (TPSA) is 44.8 Å². The van der Waals surface area contributed by atoms with Gasteiger partial charge in [-0.1, -0.05) is 0 Å². The van der Waals surface area contributed by atoms with Crippen molar-refractivity contribution in [3.8, 4) is 0 Å². The van der Waals surface area contributed by atoms with Crippen LogP contribution in [0.2, 0.25) is 0 Å². The zero-order valence-corrected chi connectivity index (χ0v) is 11.5. The predicted octanol–water partition coefficient (Wildman–Crippen LogP) is -0.225. The molecule has 2 rings (SSSR count). The number of carbonyl (C=O) groups is 1. The van der Waals surface area contributed by atoms with Gasteiger partial charge in [0.1, 0.15) is 0 Å². The lowest BCUT2D eigenvalue weighted by Gasteiger charge is -2.33. The Morgan fingerprint density at radius 2 is 2.11 bits per heavy atom. The van der Waals surface area contributed by atoms with Crippen molar-refractivity contribution in [3.63, 3.8) is 0 Å². The summed E-state index contributed by atoms with van der Waals surface area (Å²) in [7, 11) is 2.10. The first kappa shape index (κ1) is 13.8. The van der Waals surface area contributed by atoms with Gasteiger partial charge in [-0.2, -0.15) is 0 Å². The minimum Gasteiger partial charge on any atom is -0.381 e. The van der Waals surface area contributed by atoms with Crippen molar-refractivity contribution in [1.82, 2.24) is 15.1 Å². The van der Waals surface area contributed by atoms with Crippen molar-refractivity contribution in [2.45, 2.75) is 19.4 Å². The standard InChI is InChI=1S/C13H25N3O2/c1-11(12-3-8-18-10-12)14-9-13(17)16-6-4-15(2)5-7-16/h11-12,14H,3-10H2,1-2H3. The van der Waals surface area contributed by atoms with Crippen molar-refractivity contribution >= 4 is 5.91 Å². The minimum absolute atomic E-state index is 0.230. The Balaban J connectivity index is 1.67. The smallest absolute Gasteiger partial charge is 0.236 e. The van der Waals surface area contributed by atoms with Gasteiger partial charge in [-0.15, -0.1) is 0 Å². The number of piperazine rings is 1. The van der Waals surface area contributed by atoms with Crippen LogP contribution in [0.25, 0.3) is 0 Å². The zero-order valence-electron chi connectivity index (χ0n) is 11.5. The molecule has 1 amide bonds. The molecule has 2 aliphatic rings. The van der Waals surface area contributed by atoms with Crippen molar-refractivity contribution < 1.29 is 9.53 Å². The molecule has 18 heavy (non-hydrogen) atoms. The number of likely N-dealkylation sites (N-methyl/N-ethyl adjacent to an activating group) is 1. The number of rotatable bonds is 4. The monoisotopic (exact) mass is 255 g/mol. The van der Waals surface area contributed by atoms with Crippen LogP contribution in [-0.2, 0) is 9.53 Å². The van der Waals surface area contributed by atoms with Gasteiger partial charge in [-0.25, -0.2) is 0 Å². The van der Waals surface area contributed by atoms with E-state index in [1.54, 1.807) is 0 Å². The van der Waals surface area contributed by atoms with Gasteiger partial charge in [0.05, 0.1) is 13.2 Å². The molecule has 2 saturated heterocycles. The predicted molar refractivity (Wildman–Crippen MR) is 70.5 cm³/mol. The van der Waals surface area contributed by atoms with Crippen LogP contribution >= 0.6 is 0 Å². The van der Waals surface area contributed by atoms with Gasteiger partial charge in [0.25, 0.3) is 0 Å². The van der Waals surface area contributed by atoms with Crippen LogP contribution in [0.4, 0.5) is 0 Å². The van der Waals surface area contributed by atoms with E-state index in [9.17, 15) is 4.79 Å². The molecule has 0 radical (unpaired) electrons. The third-order valence-corrected chi connectivity index (χ3v) is 4.10. The molecule has 104 valence electrons. The lowest BCUT2D eigenvalue weighted by Crippen LogP contribution is -2.50. The van der Waals surface area contributed by atoms with E-state index in [4.69, 9.17) is 4.74 Å². The second kappa shape index (κ2) is 6.50. The molecule has 2 aliphatic heterocycles. The van der Waals surface area contributed by atoms with E-state index in [1.165, 1.54) is 0 Å². The van der Waals surface area contributed by atoms with Gasteiger partial charge in [-0.05, 0) is 26.3 Å². The maximum Gasteiger partial charge on any atom is 0.236 e. The van der Waals surface area contributed by atoms with Crippen molar-refractivity contribution in [2.75, 3.05) is 53.0 Å². The first-order valence-corrected chi connectivity index (χ1v) is 6.94. The lowest BCUT2D eigenvalue weighted by atomic mass is 10.0. The molecular formula is C13H25N3O2. The summed E-state index contributed by atoms with van der Waals surface area (Å²) in [5.74, 6) is 0.791. The average Bonchev–Trinajstić information content (AvgIpc) is 2.90. The highest BCUT2D eigenvalue weighted by molar-refractivity contribution is 5.78. The van der Waals surface area contributed by atoms with Crippen LogP contribution in [-0.4, -0.2) is 74.7 Å². The molecule has 0 aromatic carbocycles. The van der Waals surface area contributed by atoms with Gasteiger partial charge in [0, 0.05) is 38.8 Å². The van der Waals surface area contributed by atoms with E-state index < -0.39 is 0 Å². The molecule has 2 heterocycles. The summed E-state index contributed by atoms with van der Waals surface area (Å²) in [5.41, 5.74) is 0. The van der Waals surface area contributed by atoms with E-state index >= 15 is 0 Å². The van der Waals surface area contributed by atoms with E-state index in [0.29, 0.717) is 18.5 Å². The molecule has 0 saturated carbocycles. The molecule has 0 bridgehead atoms. The number of hydrogen-bond acceptors (Lipinski definition) is 4. The van der Waals surface area contributed by atoms with Gasteiger partial charge in [0.2, 0.25) is 5.91 Å². The van der Waals surface area contributed by atoms with Crippen molar-refractivity contribution in [1.29, 1.82) is 0 Å². The molecule has 2 atom stereocenters. The lowest BCUT2D eigenvalue weighted by molar-refractivity contribution is -0.131. The highest BCUT2D eigenvalue weighted by Crippen LogP contribution is 2.16. The number of nitrogens with zero attached hydrogens (tertiary/aromatic N) is 2. The van der Waals surface area contributed by atoms with Crippen LogP contribution in [0.5, 0.6) is 0 Å². The summed E-state index contributed by atoms with van der Waals surface area (Å²) in [4.78, 5) is 16.3. The van der Waals surface area contributed by atoms with Gasteiger partial charge >= 0.3 is 0 Å². The molecule has 1 N–H and O–H groups in total. The third kappa shape index (κ3) is 3.67. The van der Waals surface area contributed by atoms with E-state index in [2.05, 4.69) is 24.2 Å². The summed E-state index contributed by atoms with van der Waals surface area (Å²) >= 11 is 0. The fourth-order valence-corrected chi connectivity index (χ4v) is 2.53. The molecule has 0 aromatic rings. The zero-order chi connectivity index (χ0) is 13.0. The van der Waals surface area contributed by atoms with Crippen LogP contribution in [0, 0.1) is 5.92 Å². The summed E-state index contributed by atoms with van der Waals surface area (Å²) in [6.45, 7) is 7.99. The fraction of sp³-hybridized carbons (Fsp3) is 0.923. The summed E-state index contributed by atoms with van der Waals surface area (Å²) < 4.78 is 5.37. The van der Waals surface area contributed by atoms with Crippen molar-refractivity contribution in [3.05, 3.63) is 0 Å². The highest BCUT2D eigenvalue weighted by Gasteiger charge is 2.24. The van der Waals surface area contributed by atoms with Gasteiger partial charge in [0.15, 0.2) is 0 Å². The molecule has 0 aliphatic carbocycles. The normalized spacial score (nSPS) is 27.4. The fourth-order valence-electron chi connectivity index (χ4n) is 2.53. The van der Waals surface area contributed by atoms with Crippen molar-refractivity contribution in [2.24, 2.45) is 5.92 Å². The number of nitrogens with one attached hydrogen (secondary N) is 1. The Kier molecular flexibility index (Phi) is 4.97. The van der Waals surface area contributed by atoms with E-state index in [-0.39, 0.29) is 5.91 Å². The Labute approximate surface area is 109 Å². The number of hydrogen-bond donors (Lipinski definition) is 1. The van der Waals surface area contributed by atoms with Crippen LogP contribution in [0.15, 0.2) is 0 Å². The molecule has 2 fully saturated rings. The molecule has 2 unspecified atom stereocenters. The third-order valence-electron chi connectivity index (χ3n) is 4.10. The minimum atomic E-state index is 0.230. The van der Waals surface area contributed by atoms with Crippen LogP contribution in [0.3, 0.4) is 0 Å². The number of amides is 1. The summed E-state index contributed by atoms with van der Waals surface area (Å²) in [5, 5.41) is 3.35. The Morgan fingerprint density at radius 1 is 1.39 bits per heavy atom. The Morgan fingerprint density at radius 3 is 2.72 bits per heavy atom.